The van der Waals surface area contributed by atoms with Gasteiger partial charge in [0.25, 0.3) is 0 Å². The molecule has 1 saturated carbocycles. The van der Waals surface area contributed by atoms with Gasteiger partial charge in [-0.3, -0.25) is 4.79 Å². The van der Waals surface area contributed by atoms with Crippen LogP contribution in [0.5, 0.6) is 0 Å². The minimum absolute atomic E-state index is 0.0578. The lowest BCUT2D eigenvalue weighted by atomic mass is 9.58. The van der Waals surface area contributed by atoms with Gasteiger partial charge in [-0.05, 0) is 68.5 Å². The van der Waals surface area contributed by atoms with Gasteiger partial charge in [-0.2, -0.15) is 0 Å². The third kappa shape index (κ3) is 4.50. The number of nitrogens with one attached hydrogen (secondary N) is 1. The molecule has 3 aliphatic rings. The number of aromatic amines is 1. The minimum atomic E-state index is -0.383. The molecule has 2 bridgehead atoms. The average Bonchev–Trinajstić information content (AvgIpc) is 3.26. The highest BCUT2D eigenvalue weighted by Gasteiger charge is 2.52. The number of carbonyl (C=O) groups is 1. The molecule has 180 valence electrons. The molecule has 1 N–H and O–H groups in total. The number of hydrogen-bond acceptors (Lipinski definition) is 4. The van der Waals surface area contributed by atoms with E-state index in [1.807, 2.05) is 26.0 Å². The Balaban J connectivity index is 1.24. The van der Waals surface area contributed by atoms with Crippen LogP contribution in [0.1, 0.15) is 74.7 Å². The van der Waals surface area contributed by atoms with Crippen LogP contribution in [0.25, 0.3) is 11.0 Å². The molecule has 34 heavy (non-hydrogen) atoms. The summed E-state index contributed by atoms with van der Waals surface area (Å²) in [6, 6.07) is 17.0. The van der Waals surface area contributed by atoms with E-state index in [1.165, 1.54) is 17.5 Å². The van der Waals surface area contributed by atoms with Crippen molar-refractivity contribution in [3.8, 4) is 0 Å². The van der Waals surface area contributed by atoms with Gasteiger partial charge in [-0.25, -0.2) is 4.98 Å². The molecule has 0 spiro atoms. The quantitative estimate of drug-likeness (QED) is 0.410. The fraction of sp³-hybridized carbons (Fsp3) is 0.517. The van der Waals surface area contributed by atoms with Crippen LogP contribution >= 0.6 is 0 Å². The van der Waals surface area contributed by atoms with Crippen molar-refractivity contribution in [3.63, 3.8) is 0 Å². The number of fused-ring (bicyclic) bond motifs is 3. The first kappa shape index (κ1) is 23.1. The second-order valence-electron chi connectivity index (χ2n) is 10.7. The number of hydrogen-bond donors (Lipinski definition) is 1. The van der Waals surface area contributed by atoms with Crippen molar-refractivity contribution in [2.75, 3.05) is 20.1 Å². The maximum atomic E-state index is 12.8. The van der Waals surface area contributed by atoms with Crippen molar-refractivity contribution in [1.29, 1.82) is 0 Å². The zero-order valence-corrected chi connectivity index (χ0v) is 20.7. The summed E-state index contributed by atoms with van der Waals surface area (Å²) >= 11 is 0. The molecule has 0 saturated heterocycles. The zero-order chi connectivity index (χ0) is 23.7. The van der Waals surface area contributed by atoms with Gasteiger partial charge < -0.3 is 14.6 Å². The SMILES string of the molecule is CC(C)C(=O)O[C@@]1(CCN(C)CCCc2nc3ccccc3[nH]2)C[C@H]2CC[C@@H]1c1ccccc12. The van der Waals surface area contributed by atoms with Gasteiger partial charge in [0, 0.05) is 25.3 Å². The highest BCUT2D eigenvalue weighted by molar-refractivity contribution is 5.74. The number of ether oxygens (including phenoxy) is 1. The summed E-state index contributed by atoms with van der Waals surface area (Å²) < 4.78 is 6.41. The van der Waals surface area contributed by atoms with Gasteiger partial charge in [-0.15, -0.1) is 0 Å². The second-order valence-corrected chi connectivity index (χ2v) is 10.7. The lowest BCUT2D eigenvalue weighted by Crippen LogP contribution is -2.51. The molecule has 0 unspecified atom stereocenters. The molecule has 6 rings (SSSR count). The lowest BCUT2D eigenvalue weighted by molar-refractivity contribution is -0.173. The van der Waals surface area contributed by atoms with Crippen LogP contribution in [-0.2, 0) is 16.0 Å². The molecule has 0 radical (unpaired) electrons. The summed E-state index contributed by atoms with van der Waals surface area (Å²) in [4.78, 5) is 23.3. The summed E-state index contributed by atoms with van der Waals surface area (Å²) in [5.41, 5.74) is 4.65. The largest absolute Gasteiger partial charge is 0.458 e. The van der Waals surface area contributed by atoms with Crippen molar-refractivity contribution >= 4 is 17.0 Å². The van der Waals surface area contributed by atoms with Gasteiger partial charge in [-0.1, -0.05) is 50.2 Å². The van der Waals surface area contributed by atoms with E-state index >= 15 is 0 Å². The van der Waals surface area contributed by atoms with Crippen LogP contribution in [0, 0.1) is 5.92 Å². The Morgan fingerprint density at radius 3 is 2.68 bits per heavy atom. The molecular weight excluding hydrogens is 422 g/mol. The van der Waals surface area contributed by atoms with Crippen molar-refractivity contribution in [3.05, 3.63) is 65.5 Å². The van der Waals surface area contributed by atoms with E-state index in [2.05, 4.69) is 53.3 Å². The number of esters is 1. The zero-order valence-electron chi connectivity index (χ0n) is 20.7. The van der Waals surface area contributed by atoms with Crippen LogP contribution in [0.3, 0.4) is 0 Å². The Morgan fingerprint density at radius 2 is 1.88 bits per heavy atom. The summed E-state index contributed by atoms with van der Waals surface area (Å²) in [5, 5.41) is 0. The van der Waals surface area contributed by atoms with E-state index in [0.717, 1.165) is 62.1 Å². The van der Waals surface area contributed by atoms with Crippen LogP contribution in [0.15, 0.2) is 48.5 Å². The smallest absolute Gasteiger partial charge is 0.308 e. The highest BCUT2D eigenvalue weighted by atomic mass is 16.6. The molecule has 3 aromatic rings. The third-order valence-electron chi connectivity index (χ3n) is 7.93. The van der Waals surface area contributed by atoms with Crippen LogP contribution in [0.2, 0.25) is 0 Å². The molecule has 3 aliphatic carbocycles. The Labute approximate surface area is 202 Å². The summed E-state index contributed by atoms with van der Waals surface area (Å²) in [6.45, 7) is 5.80. The maximum Gasteiger partial charge on any atom is 0.308 e. The monoisotopic (exact) mass is 459 g/mol. The first-order valence-corrected chi connectivity index (χ1v) is 12.9. The Morgan fingerprint density at radius 1 is 1.12 bits per heavy atom. The van der Waals surface area contributed by atoms with E-state index < -0.39 is 0 Å². The molecule has 5 nitrogen and oxygen atoms in total. The number of para-hydroxylation sites is 2. The van der Waals surface area contributed by atoms with E-state index in [1.54, 1.807) is 0 Å². The first-order valence-electron chi connectivity index (χ1n) is 12.9. The molecule has 1 aromatic heterocycles. The van der Waals surface area contributed by atoms with Crippen LogP contribution in [-0.4, -0.2) is 46.6 Å². The van der Waals surface area contributed by atoms with Gasteiger partial charge >= 0.3 is 5.97 Å². The van der Waals surface area contributed by atoms with Gasteiger partial charge in [0.1, 0.15) is 11.4 Å². The second kappa shape index (κ2) is 9.53. The number of benzene rings is 2. The molecule has 3 atom stereocenters. The Bertz CT molecular complexity index is 1120. The lowest BCUT2D eigenvalue weighted by Gasteiger charge is -2.52. The summed E-state index contributed by atoms with van der Waals surface area (Å²) in [7, 11) is 2.19. The number of aryl methyl sites for hydroxylation is 1. The number of rotatable bonds is 9. The highest BCUT2D eigenvalue weighted by Crippen LogP contribution is 2.57. The summed E-state index contributed by atoms with van der Waals surface area (Å²) in [6.07, 6.45) is 6.15. The number of nitrogens with zero attached hydrogens (tertiary/aromatic N) is 2. The van der Waals surface area contributed by atoms with E-state index in [-0.39, 0.29) is 17.5 Å². The number of aromatic nitrogens is 2. The molecule has 1 fully saturated rings. The molecule has 0 aliphatic heterocycles. The van der Waals surface area contributed by atoms with Crippen LogP contribution in [0.4, 0.5) is 0 Å². The number of carbonyl (C=O) groups excluding carboxylic acids is 1. The molecular formula is C29H37N3O2. The first-order chi connectivity index (χ1) is 16.4. The fourth-order valence-electron chi connectivity index (χ4n) is 6.09. The van der Waals surface area contributed by atoms with Crippen LogP contribution < -0.4 is 0 Å². The average molecular weight is 460 g/mol. The van der Waals surface area contributed by atoms with Gasteiger partial charge in [0.05, 0.1) is 17.0 Å². The molecule has 5 heteroatoms. The standard InChI is InChI=1S/C29H37N3O2/c1-20(2)28(33)34-29(19-21-14-15-24(29)23-10-5-4-9-22(21)23)16-18-32(3)17-8-13-27-30-25-11-6-7-12-26(25)31-27/h4-7,9-12,20-21,24H,8,13-19H2,1-3H3,(H,30,31)/t21-,24-,29+/m1/s1. The van der Waals surface area contributed by atoms with E-state index in [9.17, 15) is 4.79 Å². The Hall–Kier alpha value is -2.66. The predicted molar refractivity (Wildman–Crippen MR) is 136 cm³/mol. The number of imidazole rings is 1. The molecule has 2 aromatic carbocycles. The van der Waals surface area contributed by atoms with Gasteiger partial charge in [0.2, 0.25) is 0 Å². The van der Waals surface area contributed by atoms with Crippen molar-refractivity contribution in [1.82, 2.24) is 14.9 Å². The number of H-pyrrole nitrogens is 1. The van der Waals surface area contributed by atoms with E-state index in [4.69, 9.17) is 9.72 Å². The van der Waals surface area contributed by atoms with Crippen molar-refractivity contribution in [2.24, 2.45) is 5.92 Å². The third-order valence-corrected chi connectivity index (χ3v) is 7.93. The topological polar surface area (TPSA) is 58.2 Å². The van der Waals surface area contributed by atoms with E-state index in [0.29, 0.717) is 11.8 Å². The normalized spacial score (nSPS) is 23.6. The van der Waals surface area contributed by atoms with Crippen molar-refractivity contribution in [2.45, 2.75) is 69.8 Å². The predicted octanol–water partition coefficient (Wildman–Crippen LogP) is 5.82. The van der Waals surface area contributed by atoms with Gasteiger partial charge in [0.15, 0.2) is 0 Å². The maximum absolute atomic E-state index is 12.8. The summed E-state index contributed by atoms with van der Waals surface area (Å²) in [5.74, 6) is 1.70. The molecule has 1 heterocycles. The minimum Gasteiger partial charge on any atom is -0.458 e. The fourth-order valence-corrected chi connectivity index (χ4v) is 6.09. The Kier molecular flexibility index (Phi) is 6.48. The van der Waals surface area contributed by atoms with Crippen molar-refractivity contribution < 1.29 is 9.53 Å². The molecule has 0 amide bonds.